The van der Waals surface area contributed by atoms with Gasteiger partial charge in [-0.05, 0) is 75.0 Å². The monoisotopic (exact) mass is 642 g/mol. The Bertz CT molecular complexity index is 616. The van der Waals surface area contributed by atoms with E-state index >= 15 is 0 Å². The summed E-state index contributed by atoms with van der Waals surface area (Å²) in [4.78, 5) is 0. The number of fused-ring (bicyclic) bond motifs is 5. The molecule has 0 amide bonds. The van der Waals surface area contributed by atoms with E-state index in [2.05, 4.69) is 35.0 Å². The molecule has 5 rings (SSSR count). The van der Waals surface area contributed by atoms with E-state index in [9.17, 15) is 0 Å². The normalized spacial score (nSPS) is 48.9. The minimum absolute atomic E-state index is 0. The Balaban J connectivity index is 0.00000128. The number of halogens is 2. The van der Waals surface area contributed by atoms with Crippen molar-refractivity contribution in [2.75, 3.05) is 40.8 Å². The summed E-state index contributed by atoms with van der Waals surface area (Å²) in [5.41, 5.74) is 1.21. The lowest BCUT2D eigenvalue weighted by Crippen LogP contribution is -3.00. The second-order valence-corrected chi connectivity index (χ2v) is 13.2. The largest absolute Gasteiger partial charge is 1.00 e. The summed E-state index contributed by atoms with van der Waals surface area (Å²) in [7, 11) is 7.69. The zero-order valence-corrected chi connectivity index (χ0v) is 24.8. The van der Waals surface area contributed by atoms with E-state index in [-0.39, 0.29) is 48.0 Å². The summed E-state index contributed by atoms with van der Waals surface area (Å²) in [6.07, 6.45) is 16.7. The van der Waals surface area contributed by atoms with Gasteiger partial charge in [0.1, 0.15) is 0 Å². The highest BCUT2D eigenvalue weighted by Gasteiger charge is 2.62. The smallest absolute Gasteiger partial charge is 0.0991 e. The van der Waals surface area contributed by atoms with Crippen molar-refractivity contribution in [2.45, 2.75) is 96.1 Å². The lowest BCUT2D eigenvalue weighted by atomic mass is 9.44. The van der Waals surface area contributed by atoms with Gasteiger partial charge in [-0.3, -0.25) is 0 Å². The Hall–Kier alpha value is 1.38. The molecular formula is C26H48I2N2. The zero-order valence-electron chi connectivity index (χ0n) is 20.4. The van der Waals surface area contributed by atoms with Crippen LogP contribution in [0.5, 0.6) is 0 Å². The molecule has 3 unspecified atom stereocenters. The van der Waals surface area contributed by atoms with Crippen molar-refractivity contribution in [1.82, 2.24) is 0 Å². The van der Waals surface area contributed by atoms with Crippen molar-refractivity contribution < 1.29 is 56.9 Å². The van der Waals surface area contributed by atoms with E-state index in [4.69, 9.17) is 0 Å². The third-order valence-electron chi connectivity index (χ3n) is 12.1. The second kappa shape index (κ2) is 8.87. The Kier molecular flexibility index (Phi) is 7.68. The van der Waals surface area contributed by atoms with Gasteiger partial charge in [-0.25, -0.2) is 0 Å². The van der Waals surface area contributed by atoms with Gasteiger partial charge in [-0.1, -0.05) is 6.92 Å². The first-order valence-corrected chi connectivity index (χ1v) is 12.9. The van der Waals surface area contributed by atoms with Crippen LogP contribution in [0.15, 0.2) is 0 Å². The fourth-order valence-corrected chi connectivity index (χ4v) is 9.76. The van der Waals surface area contributed by atoms with Crippen molar-refractivity contribution in [3.05, 3.63) is 0 Å². The molecule has 0 spiro atoms. The third-order valence-corrected chi connectivity index (χ3v) is 12.1. The lowest BCUT2D eigenvalue weighted by molar-refractivity contribution is -0.952. The SMILES string of the molecule is C[C@]12CCC3C(CC[C@H]4C[C@@H]([N+]5(C)CCCC5)CC[C@]34C)C1CCC[N+]2(C)C.[I-].[I-]. The van der Waals surface area contributed by atoms with Crippen LogP contribution in [0.25, 0.3) is 0 Å². The van der Waals surface area contributed by atoms with Crippen molar-refractivity contribution in [1.29, 1.82) is 0 Å². The molecule has 176 valence electrons. The van der Waals surface area contributed by atoms with Gasteiger partial charge in [-0.2, -0.15) is 0 Å². The molecule has 2 heterocycles. The van der Waals surface area contributed by atoms with E-state index in [0.717, 1.165) is 29.7 Å². The molecule has 0 bridgehead atoms. The molecule has 7 atom stereocenters. The number of hydrogen-bond acceptors (Lipinski definition) is 0. The maximum Gasteiger partial charge on any atom is 0.0991 e. The van der Waals surface area contributed by atoms with Gasteiger partial charge in [0.25, 0.3) is 0 Å². The highest BCUT2D eigenvalue weighted by atomic mass is 127. The molecule has 0 radical (unpaired) electrons. The first-order valence-electron chi connectivity index (χ1n) is 12.9. The summed E-state index contributed by atoms with van der Waals surface area (Å²) < 4.78 is 2.71. The van der Waals surface area contributed by atoms with E-state index in [1.165, 1.54) is 73.5 Å². The van der Waals surface area contributed by atoms with Gasteiger partial charge >= 0.3 is 0 Å². The van der Waals surface area contributed by atoms with Crippen molar-refractivity contribution >= 4 is 0 Å². The van der Waals surface area contributed by atoms with Gasteiger partial charge in [0.05, 0.1) is 52.4 Å². The Morgan fingerprint density at radius 2 is 1.40 bits per heavy atom. The number of nitrogens with zero attached hydrogens (tertiary/aromatic N) is 2. The second-order valence-electron chi connectivity index (χ2n) is 13.2. The number of piperidine rings is 1. The predicted molar refractivity (Wildman–Crippen MR) is 118 cm³/mol. The van der Waals surface area contributed by atoms with Crippen molar-refractivity contribution in [3.63, 3.8) is 0 Å². The molecule has 0 N–H and O–H groups in total. The molecule has 0 aromatic rings. The molecule has 5 fully saturated rings. The van der Waals surface area contributed by atoms with E-state index in [1.54, 1.807) is 25.7 Å². The highest BCUT2D eigenvalue weighted by molar-refractivity contribution is 5.07. The fourth-order valence-electron chi connectivity index (χ4n) is 9.76. The lowest BCUT2D eigenvalue weighted by Gasteiger charge is -2.65. The number of rotatable bonds is 1. The summed E-state index contributed by atoms with van der Waals surface area (Å²) in [6.45, 7) is 9.78. The molecule has 5 aliphatic rings. The number of quaternary nitrogens is 2. The fraction of sp³-hybridized carbons (Fsp3) is 1.00. The summed E-state index contributed by atoms with van der Waals surface area (Å²) in [5.74, 6) is 4.09. The Morgan fingerprint density at radius 3 is 2.10 bits per heavy atom. The van der Waals surface area contributed by atoms with Crippen molar-refractivity contribution in [3.8, 4) is 0 Å². The van der Waals surface area contributed by atoms with Crippen molar-refractivity contribution in [2.24, 2.45) is 29.1 Å². The van der Waals surface area contributed by atoms with E-state index < -0.39 is 0 Å². The first-order chi connectivity index (χ1) is 13.2. The third kappa shape index (κ3) is 3.76. The molecule has 3 saturated carbocycles. The Morgan fingerprint density at radius 1 is 0.700 bits per heavy atom. The standard InChI is InChI=1S/C26H48N2.2HI/c1-25-14-12-21(28(5)17-6-7-18-28)19-20(25)10-11-22-23(25)13-15-26(2)24(22)9-8-16-27(26,3)4;;/h20-24H,6-19H2,1-5H3;2*1H/q+2;;/p-2/t20-,21-,22?,23?,24?,25-,26-;;/m0../s1. The van der Waals surface area contributed by atoms with E-state index in [0.29, 0.717) is 11.0 Å². The van der Waals surface area contributed by atoms with Crippen LogP contribution in [0, 0.1) is 29.1 Å². The number of likely N-dealkylation sites (tertiary alicyclic amines) is 2. The summed E-state index contributed by atoms with van der Waals surface area (Å²) in [5, 5.41) is 0. The molecular weight excluding hydrogens is 594 g/mol. The molecule has 2 aliphatic heterocycles. The minimum Gasteiger partial charge on any atom is -1.00 e. The quantitative estimate of drug-likeness (QED) is 0.267. The summed E-state index contributed by atoms with van der Waals surface area (Å²) >= 11 is 0. The summed E-state index contributed by atoms with van der Waals surface area (Å²) in [6, 6.07) is 0.983. The predicted octanol–water partition coefficient (Wildman–Crippen LogP) is -0.525. The molecule has 4 heteroatoms. The van der Waals surface area contributed by atoms with Gasteiger partial charge in [0.2, 0.25) is 0 Å². The van der Waals surface area contributed by atoms with Crippen LogP contribution in [0.4, 0.5) is 0 Å². The van der Waals surface area contributed by atoms with Crippen LogP contribution in [-0.2, 0) is 0 Å². The van der Waals surface area contributed by atoms with Gasteiger partial charge in [0.15, 0.2) is 0 Å². The maximum absolute atomic E-state index is 2.76. The first kappa shape index (κ1) is 26.0. The molecule has 0 aromatic heterocycles. The van der Waals surface area contributed by atoms with Gasteiger partial charge < -0.3 is 56.9 Å². The number of hydrogen-bond donors (Lipinski definition) is 0. The van der Waals surface area contributed by atoms with Gasteiger partial charge in [0, 0.05) is 31.6 Å². The highest BCUT2D eigenvalue weighted by Crippen LogP contribution is 2.64. The van der Waals surface area contributed by atoms with Crippen LogP contribution in [0.3, 0.4) is 0 Å². The van der Waals surface area contributed by atoms with E-state index in [1.807, 2.05) is 0 Å². The van der Waals surface area contributed by atoms with Gasteiger partial charge in [-0.15, -0.1) is 0 Å². The maximum atomic E-state index is 2.76. The molecule has 3 aliphatic carbocycles. The zero-order chi connectivity index (χ0) is 19.8. The molecule has 0 aromatic carbocycles. The average molecular weight is 642 g/mol. The minimum atomic E-state index is 0. The topological polar surface area (TPSA) is 0 Å². The molecule has 30 heavy (non-hydrogen) atoms. The van der Waals surface area contributed by atoms with Crippen LogP contribution >= 0.6 is 0 Å². The van der Waals surface area contributed by atoms with Crippen LogP contribution in [0.2, 0.25) is 0 Å². The average Bonchev–Trinajstić information content (AvgIpc) is 3.09. The molecule has 2 nitrogen and oxygen atoms in total. The Labute approximate surface area is 221 Å². The molecule has 2 saturated heterocycles. The van der Waals surface area contributed by atoms with Crippen LogP contribution < -0.4 is 48.0 Å². The van der Waals surface area contributed by atoms with Crippen LogP contribution in [-0.4, -0.2) is 61.3 Å². The van der Waals surface area contributed by atoms with Crippen LogP contribution in [0.1, 0.15) is 84.5 Å².